The monoisotopic (exact) mass is 264 g/mol. The second-order valence-corrected chi connectivity index (χ2v) is 3.61. The van der Waals surface area contributed by atoms with Gasteiger partial charge < -0.3 is 20.9 Å². The van der Waals surface area contributed by atoms with Crippen LogP contribution in [0.1, 0.15) is 0 Å². The predicted molar refractivity (Wildman–Crippen MR) is 64.3 cm³/mol. The highest BCUT2D eigenvalue weighted by Crippen LogP contribution is 2.22. The van der Waals surface area contributed by atoms with Crippen LogP contribution in [0.25, 0.3) is 10.4 Å². The van der Waals surface area contributed by atoms with E-state index in [-0.39, 0.29) is 17.7 Å². The van der Waals surface area contributed by atoms with Gasteiger partial charge in [0.2, 0.25) is 0 Å². The summed E-state index contributed by atoms with van der Waals surface area (Å²) in [6, 6.07) is 0.0679. The molecular formula is C10H12N6O3. The lowest BCUT2D eigenvalue weighted by Crippen LogP contribution is -2.39. The third-order valence-electron chi connectivity index (χ3n) is 2.43. The molecule has 9 heteroatoms. The number of azide groups is 1. The molecule has 0 radical (unpaired) electrons. The molecule has 0 saturated heterocycles. The van der Waals surface area contributed by atoms with Crippen LogP contribution in [0.4, 0.5) is 0 Å². The number of methoxy groups -OCH3 is 1. The van der Waals surface area contributed by atoms with Crippen LogP contribution in [0.15, 0.2) is 28.2 Å². The summed E-state index contributed by atoms with van der Waals surface area (Å²) in [7, 11) is 1.17. The number of nitriles is 1. The van der Waals surface area contributed by atoms with E-state index in [9.17, 15) is 9.90 Å². The van der Waals surface area contributed by atoms with E-state index in [1.165, 1.54) is 13.2 Å². The summed E-state index contributed by atoms with van der Waals surface area (Å²) in [6.07, 6.45) is 1.29. The van der Waals surface area contributed by atoms with Crippen molar-refractivity contribution in [3.05, 3.63) is 33.5 Å². The topological polar surface area (TPSA) is 157 Å². The highest BCUT2D eigenvalue weighted by molar-refractivity contribution is 5.94. The fourth-order valence-electron chi connectivity index (χ4n) is 1.60. The van der Waals surface area contributed by atoms with Crippen LogP contribution in [0.2, 0.25) is 0 Å². The molecule has 4 N–H and O–H groups in total. The van der Waals surface area contributed by atoms with Gasteiger partial charge in [-0.3, -0.25) is 0 Å². The molecule has 0 saturated carbocycles. The van der Waals surface area contributed by atoms with Crippen LogP contribution < -0.4 is 11.1 Å². The van der Waals surface area contributed by atoms with E-state index in [0.29, 0.717) is 0 Å². The van der Waals surface area contributed by atoms with E-state index in [4.69, 9.17) is 16.5 Å². The summed E-state index contributed by atoms with van der Waals surface area (Å²) in [5.41, 5.74) is 14.0. The number of rotatable bonds is 4. The normalized spacial score (nSPS) is 19.4. The van der Waals surface area contributed by atoms with Crippen LogP contribution in [0, 0.1) is 11.3 Å². The number of aliphatic hydroxyl groups excluding tert-OH is 1. The molecule has 0 aliphatic carbocycles. The fraction of sp³-hybridized carbons (Fsp3) is 0.400. The quantitative estimate of drug-likeness (QED) is 0.280. The Morgan fingerprint density at radius 2 is 2.58 bits per heavy atom. The van der Waals surface area contributed by atoms with E-state index < -0.39 is 23.9 Å². The van der Waals surface area contributed by atoms with Crippen molar-refractivity contribution >= 4 is 5.97 Å². The van der Waals surface area contributed by atoms with Gasteiger partial charge in [0.25, 0.3) is 0 Å². The third kappa shape index (κ3) is 3.16. The first-order valence-electron chi connectivity index (χ1n) is 5.21. The lowest BCUT2D eigenvalue weighted by Gasteiger charge is -2.24. The fourth-order valence-corrected chi connectivity index (χ4v) is 1.60. The van der Waals surface area contributed by atoms with Gasteiger partial charge in [-0.1, -0.05) is 5.11 Å². The predicted octanol–water partition coefficient (Wildman–Crippen LogP) is -0.0116. The van der Waals surface area contributed by atoms with Crippen molar-refractivity contribution in [3.8, 4) is 6.07 Å². The van der Waals surface area contributed by atoms with Gasteiger partial charge in [0, 0.05) is 23.1 Å². The molecule has 0 aromatic carbocycles. The molecule has 1 rings (SSSR count). The summed E-state index contributed by atoms with van der Waals surface area (Å²) in [5, 5.41) is 24.4. The maximum atomic E-state index is 11.6. The zero-order valence-corrected chi connectivity index (χ0v) is 10.1. The highest BCUT2D eigenvalue weighted by Gasteiger charge is 2.30. The van der Waals surface area contributed by atoms with Crippen LogP contribution >= 0.6 is 0 Å². The van der Waals surface area contributed by atoms with Gasteiger partial charge in [-0.05, 0) is 11.6 Å². The molecule has 0 amide bonds. The molecule has 2 unspecified atom stereocenters. The molecule has 9 nitrogen and oxygen atoms in total. The molecule has 1 heterocycles. The summed E-state index contributed by atoms with van der Waals surface area (Å²) < 4.78 is 4.57. The molecule has 0 aromatic rings. The van der Waals surface area contributed by atoms with Gasteiger partial charge >= 0.3 is 5.97 Å². The first-order chi connectivity index (χ1) is 9.04. The number of ether oxygens (including phenoxy) is 1. The Morgan fingerprint density at radius 1 is 1.89 bits per heavy atom. The number of hydrogen-bond acceptors (Lipinski definition) is 7. The number of nitrogens with one attached hydrogen (secondary N) is 1. The SMILES string of the molecule is COC(=O)C1=CC(C#N)NC(O)=C1C(N)CN=[N+]=[N-]. The summed E-state index contributed by atoms with van der Waals surface area (Å²) in [4.78, 5) is 14.2. The molecule has 0 aromatic heterocycles. The largest absolute Gasteiger partial charge is 0.495 e. The van der Waals surface area contributed by atoms with Gasteiger partial charge in [-0.15, -0.1) is 0 Å². The average molecular weight is 264 g/mol. The number of carbonyl (C=O) groups is 1. The van der Waals surface area contributed by atoms with Crippen molar-refractivity contribution in [2.45, 2.75) is 12.1 Å². The number of carbonyl (C=O) groups excluding carboxylic acids is 1. The molecule has 0 spiro atoms. The molecule has 0 fully saturated rings. The van der Waals surface area contributed by atoms with E-state index >= 15 is 0 Å². The second kappa shape index (κ2) is 6.30. The molecule has 0 bridgehead atoms. The Hall–Kier alpha value is -2.69. The van der Waals surface area contributed by atoms with Crippen molar-refractivity contribution in [2.24, 2.45) is 10.8 Å². The van der Waals surface area contributed by atoms with Crippen molar-refractivity contribution in [1.29, 1.82) is 5.26 Å². The van der Waals surface area contributed by atoms with Crippen molar-refractivity contribution < 1.29 is 14.6 Å². The number of hydrogen-bond donors (Lipinski definition) is 3. The number of nitrogens with two attached hydrogens (primary N) is 1. The number of nitrogens with zero attached hydrogens (tertiary/aromatic N) is 4. The van der Waals surface area contributed by atoms with Crippen LogP contribution in [0.3, 0.4) is 0 Å². The molecule has 2 atom stereocenters. The minimum atomic E-state index is -0.895. The molecular weight excluding hydrogens is 252 g/mol. The minimum Gasteiger partial charge on any atom is -0.495 e. The van der Waals surface area contributed by atoms with Gasteiger partial charge in [-0.2, -0.15) is 5.26 Å². The van der Waals surface area contributed by atoms with E-state index in [1.54, 1.807) is 0 Å². The highest BCUT2D eigenvalue weighted by atomic mass is 16.5. The minimum absolute atomic E-state index is 0.0223. The van der Waals surface area contributed by atoms with E-state index in [2.05, 4.69) is 20.1 Å². The second-order valence-electron chi connectivity index (χ2n) is 3.61. The molecule has 100 valence electrons. The Labute approximate surface area is 108 Å². The van der Waals surface area contributed by atoms with Gasteiger partial charge in [0.05, 0.1) is 18.8 Å². The van der Waals surface area contributed by atoms with Crippen LogP contribution in [-0.4, -0.2) is 36.8 Å². The zero-order chi connectivity index (χ0) is 14.4. The number of dihydropyridines is 1. The maximum Gasteiger partial charge on any atom is 0.338 e. The Bertz CT molecular complexity index is 526. The van der Waals surface area contributed by atoms with Gasteiger partial charge in [0.15, 0.2) is 5.88 Å². The average Bonchev–Trinajstić information content (AvgIpc) is 2.42. The Morgan fingerprint density at radius 3 is 3.11 bits per heavy atom. The Kier molecular flexibility index (Phi) is 4.76. The van der Waals surface area contributed by atoms with Gasteiger partial charge in [0.1, 0.15) is 6.04 Å². The summed E-state index contributed by atoms with van der Waals surface area (Å²) >= 11 is 0. The first kappa shape index (κ1) is 14.4. The lowest BCUT2D eigenvalue weighted by atomic mass is 9.94. The third-order valence-corrected chi connectivity index (χ3v) is 2.43. The van der Waals surface area contributed by atoms with Crippen molar-refractivity contribution in [2.75, 3.05) is 13.7 Å². The van der Waals surface area contributed by atoms with Crippen molar-refractivity contribution in [3.63, 3.8) is 0 Å². The summed E-state index contributed by atoms with van der Waals surface area (Å²) in [5.74, 6) is -1.14. The standard InChI is InChI=1S/C10H12N6O3/c1-19-10(18)6-2-5(3-11)15-9(17)8(6)7(12)4-14-16-13/h2,5,7,15,17H,4,12H2,1H3. The van der Waals surface area contributed by atoms with Crippen molar-refractivity contribution in [1.82, 2.24) is 5.32 Å². The number of aliphatic hydroxyl groups is 1. The zero-order valence-electron chi connectivity index (χ0n) is 10.1. The molecule has 1 aliphatic rings. The van der Waals surface area contributed by atoms with Crippen LogP contribution in [0.5, 0.6) is 0 Å². The molecule has 1 aliphatic heterocycles. The molecule has 19 heavy (non-hydrogen) atoms. The Balaban J connectivity index is 3.17. The number of esters is 1. The first-order valence-corrected chi connectivity index (χ1v) is 5.21. The van der Waals surface area contributed by atoms with E-state index in [0.717, 1.165) is 0 Å². The van der Waals surface area contributed by atoms with Gasteiger partial charge in [-0.25, -0.2) is 4.79 Å². The van der Waals surface area contributed by atoms with Crippen LogP contribution in [-0.2, 0) is 9.53 Å². The lowest BCUT2D eigenvalue weighted by molar-refractivity contribution is -0.135. The smallest absolute Gasteiger partial charge is 0.338 e. The summed E-state index contributed by atoms with van der Waals surface area (Å²) in [6.45, 7) is -0.150. The maximum absolute atomic E-state index is 11.6. The van der Waals surface area contributed by atoms with E-state index in [1.807, 2.05) is 6.07 Å².